The van der Waals surface area contributed by atoms with Gasteiger partial charge in [-0.15, -0.1) is 0 Å². The molecule has 10 nitrogen and oxygen atoms in total. The second kappa shape index (κ2) is 8.81. The van der Waals surface area contributed by atoms with Crippen LogP contribution in [0.1, 0.15) is 73.2 Å². The molecule has 42 heavy (non-hydrogen) atoms. The minimum Gasteiger partial charge on any atom is -0.508 e. The zero-order valence-electron chi connectivity index (χ0n) is 24.5. The van der Waals surface area contributed by atoms with Crippen LogP contribution in [-0.4, -0.2) is 59.7 Å². The predicted octanol–water partition coefficient (Wildman–Crippen LogP) is 3.62. The summed E-state index contributed by atoms with van der Waals surface area (Å²) in [6, 6.07) is 1.52. The van der Waals surface area contributed by atoms with Crippen LogP contribution in [0.25, 0.3) is 10.8 Å². The summed E-state index contributed by atoms with van der Waals surface area (Å²) in [5, 5.41) is 35.4. The van der Waals surface area contributed by atoms with Gasteiger partial charge in [0.05, 0.1) is 31.3 Å². The van der Waals surface area contributed by atoms with Crippen LogP contribution >= 0.6 is 0 Å². The number of hydrogen-bond acceptors (Lipinski definition) is 9. The second-order valence-corrected chi connectivity index (χ2v) is 12.5. The lowest BCUT2D eigenvalue weighted by Crippen LogP contribution is -2.58. The molecule has 0 saturated carbocycles. The Kier molecular flexibility index (Phi) is 5.92. The first-order chi connectivity index (χ1) is 19.7. The average molecular weight is 578 g/mol. The second-order valence-electron chi connectivity index (χ2n) is 12.5. The first-order valence-corrected chi connectivity index (χ1v) is 13.9. The van der Waals surface area contributed by atoms with Gasteiger partial charge in [0.25, 0.3) is 5.91 Å². The topological polar surface area (TPSA) is 166 Å². The largest absolute Gasteiger partial charge is 0.508 e. The number of carbonyl (C=O) groups is 3. The number of fused-ring (bicyclic) bond motifs is 4. The quantitative estimate of drug-likeness (QED) is 0.314. The number of allylic oxidation sites excluding steroid dienone is 2. The summed E-state index contributed by atoms with van der Waals surface area (Å²) in [6.07, 6.45) is 2.89. The van der Waals surface area contributed by atoms with Crippen LogP contribution in [0.15, 0.2) is 29.0 Å². The van der Waals surface area contributed by atoms with Crippen LogP contribution in [0.5, 0.6) is 17.2 Å². The highest BCUT2D eigenvalue weighted by Crippen LogP contribution is 2.66. The number of ether oxygens (including phenoxy) is 3. The maximum Gasteiger partial charge on any atom is 0.255 e. The normalized spacial score (nSPS) is 29.5. The average Bonchev–Trinajstić information content (AvgIpc) is 3.29. The lowest BCUT2D eigenvalue weighted by atomic mass is 9.54. The van der Waals surface area contributed by atoms with Crippen molar-refractivity contribution in [3.05, 3.63) is 51.3 Å². The molecule has 0 radical (unpaired) electrons. The van der Waals surface area contributed by atoms with Crippen LogP contribution in [0.3, 0.4) is 0 Å². The van der Waals surface area contributed by atoms with Gasteiger partial charge < -0.3 is 35.3 Å². The highest BCUT2D eigenvalue weighted by atomic mass is 16.5. The van der Waals surface area contributed by atoms with Crippen LogP contribution in [-0.2, 0) is 26.2 Å². The standard InChI is InChI=1S/C32H35NO9/c1-13-8-7-9-30(2,3)31(13)12-14-19-21(17(35)11-18(40-4)24(19)31)26(42-6)23-20(14)25(41-5)15-10-16(34)22(29(33)38)27(36)32(15,39)28(23)37/h8,11,15,25,35-36,39H,7,9-10,12H2,1-6H3,(H2,33,38)/t15-,25+,31+,32-/m0/s1. The molecule has 0 heterocycles. The Morgan fingerprint density at radius 3 is 2.36 bits per heavy atom. The highest BCUT2D eigenvalue weighted by molar-refractivity contribution is 6.23. The molecular weight excluding hydrogens is 542 g/mol. The van der Waals surface area contributed by atoms with E-state index in [0.717, 1.165) is 24.0 Å². The van der Waals surface area contributed by atoms with E-state index in [9.17, 15) is 29.7 Å². The van der Waals surface area contributed by atoms with Crippen LogP contribution in [0, 0.1) is 11.3 Å². The van der Waals surface area contributed by atoms with E-state index < -0.39 is 58.3 Å². The molecule has 0 unspecified atom stereocenters. The number of hydrogen-bond donors (Lipinski definition) is 4. The minimum absolute atomic E-state index is 0.0123. The fraction of sp³-hybridized carbons (Fsp3) is 0.469. The van der Waals surface area contributed by atoms with Gasteiger partial charge >= 0.3 is 0 Å². The number of amides is 1. The summed E-state index contributed by atoms with van der Waals surface area (Å²) in [7, 11) is 4.29. The third kappa shape index (κ3) is 3.03. The molecule has 4 atom stereocenters. The van der Waals surface area contributed by atoms with Gasteiger partial charge in [0, 0.05) is 41.9 Å². The Morgan fingerprint density at radius 1 is 1.10 bits per heavy atom. The Labute approximate surface area is 242 Å². The van der Waals surface area contributed by atoms with E-state index in [1.165, 1.54) is 20.3 Å². The van der Waals surface area contributed by atoms with E-state index in [1.54, 1.807) is 7.11 Å². The minimum atomic E-state index is -2.69. The number of benzene rings is 2. The molecule has 4 aliphatic rings. The van der Waals surface area contributed by atoms with Crippen molar-refractivity contribution in [2.75, 3.05) is 21.3 Å². The van der Waals surface area contributed by atoms with E-state index in [-0.39, 0.29) is 27.9 Å². The first kappa shape index (κ1) is 28.2. The number of phenols is 1. The van der Waals surface area contributed by atoms with E-state index >= 15 is 0 Å². The number of aliphatic hydroxyl groups excluding tert-OH is 1. The maximum absolute atomic E-state index is 14.5. The van der Waals surface area contributed by atoms with Crippen molar-refractivity contribution in [2.45, 2.75) is 63.6 Å². The molecule has 0 aliphatic heterocycles. The molecule has 10 heteroatoms. The van der Waals surface area contributed by atoms with Gasteiger partial charge in [0.2, 0.25) is 5.78 Å². The van der Waals surface area contributed by atoms with Crippen molar-refractivity contribution in [1.82, 2.24) is 0 Å². The summed E-state index contributed by atoms with van der Waals surface area (Å²) in [4.78, 5) is 39.6. The van der Waals surface area contributed by atoms with E-state index in [4.69, 9.17) is 19.9 Å². The fourth-order valence-corrected chi connectivity index (χ4v) is 8.54. The molecule has 1 spiro atoms. The van der Waals surface area contributed by atoms with Crippen molar-refractivity contribution in [3.8, 4) is 17.2 Å². The molecule has 6 rings (SSSR count). The molecule has 1 amide bonds. The van der Waals surface area contributed by atoms with Gasteiger partial charge in [-0.25, -0.2) is 0 Å². The molecule has 0 saturated heterocycles. The molecule has 0 aromatic heterocycles. The molecule has 5 N–H and O–H groups in total. The summed E-state index contributed by atoms with van der Waals surface area (Å²) >= 11 is 0. The van der Waals surface area contributed by atoms with Crippen LogP contribution in [0.2, 0.25) is 0 Å². The number of nitrogens with two attached hydrogens (primary N) is 1. The van der Waals surface area contributed by atoms with Crippen LogP contribution < -0.4 is 15.2 Å². The fourth-order valence-electron chi connectivity index (χ4n) is 8.54. The molecule has 0 bridgehead atoms. The van der Waals surface area contributed by atoms with Gasteiger partial charge in [0.15, 0.2) is 11.4 Å². The number of ketones is 2. The lowest BCUT2D eigenvalue weighted by molar-refractivity contribution is -0.131. The van der Waals surface area contributed by atoms with Gasteiger partial charge in [0.1, 0.15) is 28.6 Å². The number of rotatable bonds is 4. The zero-order chi connectivity index (χ0) is 30.7. The molecule has 2 aromatic carbocycles. The number of methoxy groups -OCH3 is 3. The Hall–Kier alpha value is -3.89. The Bertz CT molecular complexity index is 1700. The molecule has 4 aliphatic carbocycles. The smallest absolute Gasteiger partial charge is 0.255 e. The third-order valence-corrected chi connectivity index (χ3v) is 10.5. The maximum atomic E-state index is 14.5. The summed E-state index contributed by atoms with van der Waals surface area (Å²) < 4.78 is 17.7. The van der Waals surface area contributed by atoms with Crippen molar-refractivity contribution in [2.24, 2.45) is 17.1 Å². The Morgan fingerprint density at radius 2 is 1.79 bits per heavy atom. The Balaban J connectivity index is 1.81. The number of aliphatic hydroxyl groups is 2. The summed E-state index contributed by atoms with van der Waals surface area (Å²) in [5.41, 5.74) is 4.05. The van der Waals surface area contributed by atoms with Crippen molar-refractivity contribution < 1.29 is 43.9 Å². The van der Waals surface area contributed by atoms with Crippen molar-refractivity contribution in [1.29, 1.82) is 0 Å². The van der Waals surface area contributed by atoms with Gasteiger partial charge in [-0.2, -0.15) is 0 Å². The van der Waals surface area contributed by atoms with Crippen LogP contribution in [0.4, 0.5) is 0 Å². The van der Waals surface area contributed by atoms with Gasteiger partial charge in [-0.3, -0.25) is 14.4 Å². The van der Waals surface area contributed by atoms with E-state index in [2.05, 4.69) is 26.8 Å². The number of primary amides is 1. The molecule has 222 valence electrons. The SMILES string of the molecule is COc1cc(O)c2c(OC)c3c(c4c2c1[C@@]1(C4)C(C)=CCCC1(C)C)[C@H](OC)[C@@H]1CC(=O)C(C(N)=O)=C(O)[C@]1(O)C3=O. The predicted molar refractivity (Wildman–Crippen MR) is 152 cm³/mol. The lowest BCUT2D eigenvalue weighted by Gasteiger charge is -2.49. The number of Topliss-reactive ketones (excluding diaryl/α,β-unsaturated/α-hetero) is 2. The summed E-state index contributed by atoms with van der Waals surface area (Å²) in [5.74, 6) is -5.08. The first-order valence-electron chi connectivity index (χ1n) is 13.9. The van der Waals surface area contributed by atoms with Gasteiger partial charge in [-0.1, -0.05) is 25.5 Å². The number of aromatic hydroxyl groups is 1. The van der Waals surface area contributed by atoms with Crippen molar-refractivity contribution in [3.63, 3.8) is 0 Å². The third-order valence-electron chi connectivity index (χ3n) is 10.5. The van der Waals surface area contributed by atoms with E-state index in [0.29, 0.717) is 28.7 Å². The van der Waals surface area contributed by atoms with E-state index in [1.807, 2.05) is 0 Å². The number of carbonyl (C=O) groups excluding carboxylic acids is 3. The summed E-state index contributed by atoms with van der Waals surface area (Å²) in [6.45, 7) is 6.48. The number of phenolic OH excluding ortho intramolecular Hbond substituents is 1. The highest BCUT2D eigenvalue weighted by Gasteiger charge is 2.64. The van der Waals surface area contributed by atoms with Gasteiger partial charge in [-0.05, 0) is 42.7 Å². The molecular formula is C32H35NO9. The zero-order valence-corrected chi connectivity index (χ0v) is 24.5. The van der Waals surface area contributed by atoms with Crippen molar-refractivity contribution >= 4 is 28.2 Å². The molecule has 0 fully saturated rings. The monoisotopic (exact) mass is 577 g/mol. The molecule has 2 aromatic rings.